The van der Waals surface area contributed by atoms with Crippen LogP contribution in [0.15, 0.2) is 71.6 Å². The van der Waals surface area contributed by atoms with Gasteiger partial charge in [-0.25, -0.2) is 8.42 Å². The van der Waals surface area contributed by atoms with E-state index >= 15 is 0 Å². The van der Waals surface area contributed by atoms with Crippen molar-refractivity contribution in [1.82, 2.24) is 9.62 Å². The molecule has 0 radical (unpaired) electrons. The Morgan fingerprint density at radius 2 is 1.65 bits per heavy atom. The lowest BCUT2D eigenvalue weighted by Crippen LogP contribution is -2.44. The summed E-state index contributed by atoms with van der Waals surface area (Å²) >= 11 is 0. The molecule has 37 heavy (non-hydrogen) atoms. The van der Waals surface area contributed by atoms with Crippen LogP contribution >= 0.6 is 0 Å². The molecule has 1 atom stereocenters. The maximum atomic E-state index is 13.0. The molecule has 0 aromatic heterocycles. The molecule has 9 heteroatoms. The quantitative estimate of drug-likeness (QED) is 0.373. The van der Waals surface area contributed by atoms with Gasteiger partial charge in [0, 0.05) is 12.6 Å². The molecule has 3 aromatic carbocycles. The van der Waals surface area contributed by atoms with E-state index in [4.69, 9.17) is 19.5 Å². The SMILES string of the molecule is COc1ccc(S(=O)(=O)NC2CCCN2CCCOc2ccc(-c3ccc(C#N)cc3)cc2)cc1OC. The zero-order valence-electron chi connectivity index (χ0n) is 21.0. The smallest absolute Gasteiger partial charge is 0.242 e. The Bertz CT molecular complexity index is 1340. The maximum Gasteiger partial charge on any atom is 0.242 e. The number of methoxy groups -OCH3 is 2. The summed E-state index contributed by atoms with van der Waals surface area (Å²) in [7, 11) is -0.724. The number of likely N-dealkylation sites (tertiary alicyclic amines) is 1. The highest BCUT2D eigenvalue weighted by molar-refractivity contribution is 7.89. The van der Waals surface area contributed by atoms with Crippen molar-refractivity contribution >= 4 is 10.0 Å². The van der Waals surface area contributed by atoms with E-state index in [-0.39, 0.29) is 11.1 Å². The Hall–Kier alpha value is -3.58. The molecule has 1 heterocycles. The molecule has 0 amide bonds. The van der Waals surface area contributed by atoms with Crippen LogP contribution in [0.2, 0.25) is 0 Å². The van der Waals surface area contributed by atoms with Crippen molar-refractivity contribution in [2.24, 2.45) is 0 Å². The van der Waals surface area contributed by atoms with E-state index in [0.717, 1.165) is 49.2 Å². The van der Waals surface area contributed by atoms with Crippen LogP contribution in [0.3, 0.4) is 0 Å². The molecule has 1 saturated heterocycles. The van der Waals surface area contributed by atoms with Crippen LogP contribution in [-0.2, 0) is 10.0 Å². The van der Waals surface area contributed by atoms with Gasteiger partial charge < -0.3 is 14.2 Å². The summed E-state index contributed by atoms with van der Waals surface area (Å²) < 4.78 is 45.2. The maximum absolute atomic E-state index is 13.0. The van der Waals surface area contributed by atoms with Gasteiger partial charge in [0.15, 0.2) is 11.5 Å². The third kappa shape index (κ3) is 6.60. The summed E-state index contributed by atoms with van der Waals surface area (Å²) in [6, 6.07) is 22.0. The summed E-state index contributed by atoms with van der Waals surface area (Å²) in [5.41, 5.74) is 2.73. The largest absolute Gasteiger partial charge is 0.494 e. The van der Waals surface area contributed by atoms with Gasteiger partial charge in [0.05, 0.1) is 43.5 Å². The number of benzene rings is 3. The number of nitrogens with one attached hydrogen (secondary N) is 1. The highest BCUT2D eigenvalue weighted by Crippen LogP contribution is 2.30. The fourth-order valence-corrected chi connectivity index (χ4v) is 5.67. The minimum absolute atomic E-state index is 0.143. The second kappa shape index (κ2) is 12.1. The molecule has 1 aliphatic rings. The minimum Gasteiger partial charge on any atom is -0.494 e. The predicted octanol–water partition coefficient (Wildman–Crippen LogP) is 4.41. The zero-order valence-corrected chi connectivity index (χ0v) is 21.8. The van der Waals surface area contributed by atoms with Gasteiger partial charge in [-0.2, -0.15) is 9.98 Å². The van der Waals surface area contributed by atoms with E-state index in [0.29, 0.717) is 23.7 Å². The van der Waals surface area contributed by atoms with E-state index < -0.39 is 10.0 Å². The Labute approximate surface area is 218 Å². The molecule has 0 saturated carbocycles. The van der Waals surface area contributed by atoms with E-state index in [9.17, 15) is 8.42 Å². The Balaban J connectivity index is 1.27. The number of hydrogen-bond donors (Lipinski definition) is 1. The molecule has 8 nitrogen and oxygen atoms in total. The van der Waals surface area contributed by atoms with Crippen LogP contribution in [0, 0.1) is 11.3 Å². The number of nitrogens with zero attached hydrogens (tertiary/aromatic N) is 2. The monoisotopic (exact) mass is 521 g/mol. The van der Waals surface area contributed by atoms with Crippen LogP contribution in [0.25, 0.3) is 11.1 Å². The predicted molar refractivity (Wildman–Crippen MR) is 141 cm³/mol. The van der Waals surface area contributed by atoms with Gasteiger partial charge in [0.1, 0.15) is 5.75 Å². The number of sulfonamides is 1. The van der Waals surface area contributed by atoms with Gasteiger partial charge >= 0.3 is 0 Å². The second-order valence-corrected chi connectivity index (χ2v) is 10.5. The summed E-state index contributed by atoms with van der Waals surface area (Å²) in [6.07, 6.45) is 2.19. The van der Waals surface area contributed by atoms with Crippen molar-refractivity contribution in [3.8, 4) is 34.4 Å². The van der Waals surface area contributed by atoms with E-state index in [1.165, 1.54) is 26.4 Å². The molecular weight excluding hydrogens is 490 g/mol. The zero-order chi connectivity index (χ0) is 26.3. The molecule has 4 rings (SSSR count). The van der Waals surface area contributed by atoms with Crippen molar-refractivity contribution < 1.29 is 22.6 Å². The number of rotatable bonds is 11. The van der Waals surface area contributed by atoms with Gasteiger partial charge in [-0.3, -0.25) is 4.90 Å². The molecule has 3 aromatic rings. The van der Waals surface area contributed by atoms with Crippen LogP contribution in [0.1, 0.15) is 24.8 Å². The molecule has 1 N–H and O–H groups in total. The van der Waals surface area contributed by atoms with Crippen molar-refractivity contribution in [3.05, 3.63) is 72.3 Å². The number of ether oxygens (including phenoxy) is 3. The lowest BCUT2D eigenvalue weighted by Gasteiger charge is -2.25. The summed E-state index contributed by atoms with van der Waals surface area (Å²) in [4.78, 5) is 2.29. The van der Waals surface area contributed by atoms with Crippen LogP contribution < -0.4 is 18.9 Å². The van der Waals surface area contributed by atoms with E-state index in [1.54, 1.807) is 18.2 Å². The number of hydrogen-bond acceptors (Lipinski definition) is 7. The highest BCUT2D eigenvalue weighted by atomic mass is 32.2. The van der Waals surface area contributed by atoms with Gasteiger partial charge in [0.25, 0.3) is 0 Å². The molecule has 1 unspecified atom stereocenters. The fourth-order valence-electron chi connectivity index (χ4n) is 4.40. The fraction of sp³-hybridized carbons (Fsp3) is 0.321. The molecule has 0 bridgehead atoms. The summed E-state index contributed by atoms with van der Waals surface area (Å²) in [5, 5.41) is 8.95. The van der Waals surface area contributed by atoms with E-state index in [2.05, 4.69) is 15.7 Å². The third-order valence-corrected chi connectivity index (χ3v) is 7.84. The average Bonchev–Trinajstić information content (AvgIpc) is 3.37. The first-order valence-corrected chi connectivity index (χ1v) is 13.6. The second-order valence-electron chi connectivity index (χ2n) is 8.75. The number of nitriles is 1. The molecular formula is C28H31N3O5S. The standard InChI is InChI=1S/C28H31N3O5S/c1-34-26-15-14-25(19-27(26)35-2)37(32,33)30-28-5-3-16-31(28)17-4-18-36-24-12-10-23(11-13-24)22-8-6-21(20-29)7-9-22/h6-15,19,28,30H,3-5,16-18H2,1-2H3. The Kier molecular flexibility index (Phi) is 8.66. The van der Waals surface area contributed by atoms with Crippen LogP contribution in [0.5, 0.6) is 17.2 Å². The van der Waals surface area contributed by atoms with Crippen molar-refractivity contribution in [3.63, 3.8) is 0 Å². The minimum atomic E-state index is -3.71. The van der Waals surface area contributed by atoms with Crippen molar-refractivity contribution in [2.75, 3.05) is 33.9 Å². The first-order valence-electron chi connectivity index (χ1n) is 12.2. The normalized spacial score (nSPS) is 15.8. The summed E-state index contributed by atoms with van der Waals surface area (Å²) in [6.45, 7) is 2.09. The van der Waals surface area contributed by atoms with Gasteiger partial charge in [0.2, 0.25) is 10.0 Å². The van der Waals surface area contributed by atoms with Crippen LogP contribution in [-0.4, -0.2) is 53.4 Å². The molecule has 0 aliphatic carbocycles. The van der Waals surface area contributed by atoms with E-state index in [1.807, 2.05) is 36.4 Å². The average molecular weight is 522 g/mol. The Morgan fingerprint density at radius 1 is 0.973 bits per heavy atom. The third-order valence-electron chi connectivity index (χ3n) is 6.38. The lowest BCUT2D eigenvalue weighted by molar-refractivity contribution is 0.214. The lowest BCUT2D eigenvalue weighted by atomic mass is 10.0. The van der Waals surface area contributed by atoms with Crippen molar-refractivity contribution in [2.45, 2.75) is 30.3 Å². The topological polar surface area (TPSA) is 101 Å². The van der Waals surface area contributed by atoms with Gasteiger partial charge in [-0.15, -0.1) is 0 Å². The van der Waals surface area contributed by atoms with Gasteiger partial charge in [-0.1, -0.05) is 24.3 Å². The highest BCUT2D eigenvalue weighted by Gasteiger charge is 2.29. The molecule has 194 valence electrons. The van der Waals surface area contributed by atoms with Crippen molar-refractivity contribution in [1.29, 1.82) is 5.26 Å². The first kappa shape index (κ1) is 26.5. The molecule has 0 spiro atoms. The summed E-state index contributed by atoms with van der Waals surface area (Å²) in [5.74, 6) is 1.63. The van der Waals surface area contributed by atoms with Crippen LogP contribution in [0.4, 0.5) is 0 Å². The Morgan fingerprint density at radius 3 is 2.30 bits per heavy atom. The van der Waals surface area contributed by atoms with Gasteiger partial charge in [-0.05, 0) is 73.3 Å². The molecule has 1 fully saturated rings. The molecule has 1 aliphatic heterocycles. The first-order chi connectivity index (χ1) is 17.9.